The quantitative estimate of drug-likeness (QED) is 0.769. The summed E-state index contributed by atoms with van der Waals surface area (Å²) in [4.78, 5) is 11.3. The first kappa shape index (κ1) is 15.8. The van der Waals surface area contributed by atoms with Crippen LogP contribution >= 0.6 is 12.4 Å². The van der Waals surface area contributed by atoms with Crippen molar-refractivity contribution in [1.29, 1.82) is 0 Å². The number of nitrogen functional groups attached to an aromatic ring is 1. The van der Waals surface area contributed by atoms with Crippen LogP contribution in [0, 0.1) is 0 Å². The molecule has 0 fully saturated rings. The van der Waals surface area contributed by atoms with E-state index in [1.807, 2.05) is 24.3 Å². The Balaban J connectivity index is 0.00000256. The molecule has 17 heavy (non-hydrogen) atoms. The molecule has 1 aromatic carbocycles. The summed E-state index contributed by atoms with van der Waals surface area (Å²) in [6, 6.07) is 7.75. The lowest BCUT2D eigenvalue weighted by Crippen LogP contribution is -2.25. The molecular formula is C13H21ClN2O. The Hall–Kier alpha value is -1.22. The van der Waals surface area contributed by atoms with Crippen molar-refractivity contribution in [3.8, 4) is 0 Å². The molecule has 1 aromatic rings. The molecule has 0 atom stereocenters. The first-order chi connectivity index (χ1) is 7.72. The first-order valence-electron chi connectivity index (χ1n) is 5.83. The largest absolute Gasteiger partial charge is 0.399 e. The Morgan fingerprint density at radius 2 is 1.94 bits per heavy atom. The van der Waals surface area contributed by atoms with E-state index in [2.05, 4.69) is 12.2 Å². The molecule has 3 N–H and O–H groups in total. The van der Waals surface area contributed by atoms with Crippen molar-refractivity contribution in [2.75, 3.05) is 12.3 Å². The van der Waals surface area contributed by atoms with Crippen molar-refractivity contribution >= 4 is 24.0 Å². The molecule has 0 spiro atoms. The fourth-order valence-corrected chi connectivity index (χ4v) is 1.46. The van der Waals surface area contributed by atoms with Crippen LogP contribution in [0.15, 0.2) is 24.3 Å². The van der Waals surface area contributed by atoms with Gasteiger partial charge in [0.2, 0.25) is 5.91 Å². The molecule has 0 saturated heterocycles. The second kappa shape index (κ2) is 8.88. The average molecular weight is 257 g/mol. The van der Waals surface area contributed by atoms with E-state index in [-0.39, 0.29) is 18.3 Å². The molecule has 96 valence electrons. The lowest BCUT2D eigenvalue weighted by Gasteiger charge is -2.05. The normalized spacial score (nSPS) is 9.47. The zero-order chi connectivity index (χ0) is 11.8. The van der Waals surface area contributed by atoms with Gasteiger partial charge in [-0.15, -0.1) is 12.4 Å². The summed E-state index contributed by atoms with van der Waals surface area (Å²) in [5, 5.41) is 2.91. The fourth-order valence-electron chi connectivity index (χ4n) is 1.46. The molecule has 0 aliphatic rings. The van der Waals surface area contributed by atoms with Crippen LogP contribution in [0.4, 0.5) is 5.69 Å². The molecule has 0 aromatic heterocycles. The molecule has 1 amide bonds. The number of unbranched alkanes of at least 4 members (excludes halogenated alkanes) is 1. The summed E-state index contributed by atoms with van der Waals surface area (Å²) in [6.45, 7) is 2.79. The number of halogens is 1. The highest BCUT2D eigenvalue weighted by atomic mass is 35.5. The topological polar surface area (TPSA) is 55.1 Å². The zero-order valence-corrected chi connectivity index (χ0v) is 11.1. The van der Waals surface area contributed by atoms with Gasteiger partial charge in [-0.25, -0.2) is 0 Å². The van der Waals surface area contributed by atoms with Gasteiger partial charge in [-0.05, 0) is 30.5 Å². The minimum atomic E-state index is 0. The number of carbonyl (C=O) groups is 1. The van der Waals surface area contributed by atoms with E-state index in [0.717, 1.165) is 24.9 Å². The molecule has 1 rings (SSSR count). The summed E-state index contributed by atoms with van der Waals surface area (Å²) in [5.41, 5.74) is 7.56. The highest BCUT2D eigenvalue weighted by Crippen LogP contribution is 2.05. The number of hydrogen-bond acceptors (Lipinski definition) is 2. The van der Waals surface area contributed by atoms with E-state index in [9.17, 15) is 4.79 Å². The summed E-state index contributed by atoms with van der Waals surface area (Å²) in [6.07, 6.45) is 3.52. The number of nitrogens with one attached hydrogen (secondary N) is 1. The predicted molar refractivity (Wildman–Crippen MR) is 74.3 cm³/mol. The van der Waals surface area contributed by atoms with Crippen LogP contribution in [-0.4, -0.2) is 12.5 Å². The van der Waals surface area contributed by atoms with Crippen LogP contribution in [0.25, 0.3) is 0 Å². The maximum atomic E-state index is 11.3. The third-order valence-electron chi connectivity index (χ3n) is 2.47. The smallest absolute Gasteiger partial charge is 0.220 e. The van der Waals surface area contributed by atoms with Gasteiger partial charge in [0.15, 0.2) is 0 Å². The number of nitrogens with two attached hydrogens (primary N) is 1. The summed E-state index contributed by atoms with van der Waals surface area (Å²) >= 11 is 0. The van der Waals surface area contributed by atoms with Gasteiger partial charge >= 0.3 is 0 Å². The Kier molecular flexibility index (Phi) is 8.24. The van der Waals surface area contributed by atoms with Gasteiger partial charge in [0, 0.05) is 18.7 Å². The SMILES string of the molecule is CCCCC(=O)NCCc1ccc(N)cc1.Cl. The van der Waals surface area contributed by atoms with E-state index in [4.69, 9.17) is 5.73 Å². The molecule has 0 heterocycles. The highest BCUT2D eigenvalue weighted by Gasteiger charge is 1.99. The monoisotopic (exact) mass is 256 g/mol. The van der Waals surface area contributed by atoms with Crippen LogP contribution in [0.2, 0.25) is 0 Å². The van der Waals surface area contributed by atoms with Crippen LogP contribution in [-0.2, 0) is 11.2 Å². The van der Waals surface area contributed by atoms with Crippen molar-refractivity contribution < 1.29 is 4.79 Å². The highest BCUT2D eigenvalue weighted by molar-refractivity contribution is 5.85. The van der Waals surface area contributed by atoms with Gasteiger partial charge < -0.3 is 11.1 Å². The first-order valence-corrected chi connectivity index (χ1v) is 5.83. The van der Waals surface area contributed by atoms with E-state index >= 15 is 0 Å². The Labute approximate surface area is 109 Å². The van der Waals surface area contributed by atoms with E-state index in [1.54, 1.807) is 0 Å². The molecule has 0 saturated carbocycles. The lowest BCUT2D eigenvalue weighted by atomic mass is 10.1. The van der Waals surface area contributed by atoms with Crippen LogP contribution in [0.1, 0.15) is 31.7 Å². The van der Waals surface area contributed by atoms with Crippen molar-refractivity contribution in [3.63, 3.8) is 0 Å². The van der Waals surface area contributed by atoms with Gasteiger partial charge in [0.05, 0.1) is 0 Å². The van der Waals surface area contributed by atoms with Gasteiger partial charge in [-0.1, -0.05) is 25.5 Å². The van der Waals surface area contributed by atoms with Crippen molar-refractivity contribution in [2.24, 2.45) is 0 Å². The Morgan fingerprint density at radius 1 is 1.29 bits per heavy atom. The number of amides is 1. The number of anilines is 1. The average Bonchev–Trinajstić information content (AvgIpc) is 2.29. The lowest BCUT2D eigenvalue weighted by molar-refractivity contribution is -0.121. The molecular weight excluding hydrogens is 236 g/mol. The fraction of sp³-hybridized carbons (Fsp3) is 0.462. The molecule has 3 nitrogen and oxygen atoms in total. The van der Waals surface area contributed by atoms with Gasteiger partial charge in [0.1, 0.15) is 0 Å². The predicted octanol–water partition coefficient (Wildman–Crippen LogP) is 2.54. The summed E-state index contributed by atoms with van der Waals surface area (Å²) in [7, 11) is 0. The van der Waals surface area contributed by atoms with Gasteiger partial charge in [-0.3, -0.25) is 4.79 Å². The number of rotatable bonds is 6. The Bertz CT molecular complexity index is 325. The molecule has 0 aliphatic heterocycles. The van der Waals surface area contributed by atoms with Crippen molar-refractivity contribution in [1.82, 2.24) is 5.32 Å². The standard InChI is InChI=1S/C13H20N2O.ClH/c1-2-3-4-13(16)15-10-9-11-5-7-12(14)8-6-11;/h5-8H,2-4,9-10,14H2,1H3,(H,15,16);1H. The van der Waals surface area contributed by atoms with Crippen molar-refractivity contribution in [2.45, 2.75) is 32.6 Å². The minimum absolute atomic E-state index is 0. The second-order valence-corrected chi connectivity index (χ2v) is 3.95. The van der Waals surface area contributed by atoms with E-state index < -0.39 is 0 Å². The molecule has 4 heteroatoms. The molecule has 0 unspecified atom stereocenters. The number of benzene rings is 1. The molecule has 0 aliphatic carbocycles. The summed E-state index contributed by atoms with van der Waals surface area (Å²) in [5.74, 6) is 0.150. The number of hydrogen-bond donors (Lipinski definition) is 2. The maximum absolute atomic E-state index is 11.3. The Morgan fingerprint density at radius 3 is 2.53 bits per heavy atom. The molecule has 0 bridgehead atoms. The van der Waals surface area contributed by atoms with Crippen LogP contribution in [0.5, 0.6) is 0 Å². The third-order valence-corrected chi connectivity index (χ3v) is 2.47. The second-order valence-electron chi connectivity index (χ2n) is 3.95. The maximum Gasteiger partial charge on any atom is 0.220 e. The van der Waals surface area contributed by atoms with Gasteiger partial charge in [0.25, 0.3) is 0 Å². The minimum Gasteiger partial charge on any atom is -0.399 e. The van der Waals surface area contributed by atoms with Crippen molar-refractivity contribution in [3.05, 3.63) is 29.8 Å². The molecule has 0 radical (unpaired) electrons. The third kappa shape index (κ3) is 6.84. The van der Waals surface area contributed by atoms with Crippen LogP contribution in [0.3, 0.4) is 0 Å². The van der Waals surface area contributed by atoms with Crippen LogP contribution < -0.4 is 11.1 Å². The van der Waals surface area contributed by atoms with E-state index in [0.29, 0.717) is 13.0 Å². The van der Waals surface area contributed by atoms with E-state index in [1.165, 1.54) is 5.56 Å². The zero-order valence-electron chi connectivity index (χ0n) is 10.2. The number of carbonyl (C=O) groups excluding carboxylic acids is 1. The summed E-state index contributed by atoms with van der Waals surface area (Å²) < 4.78 is 0. The van der Waals surface area contributed by atoms with Gasteiger partial charge in [-0.2, -0.15) is 0 Å².